The molecule has 1 aromatic rings. The molecule has 0 radical (unpaired) electrons. The van der Waals surface area contributed by atoms with Crippen LogP contribution in [-0.2, 0) is 0 Å². The Labute approximate surface area is 96.1 Å². The smallest absolute Gasteiger partial charge is 0.0411 e. The highest BCUT2D eigenvalue weighted by Gasteiger charge is 2.03. The first kappa shape index (κ1) is 10.7. The molecule has 0 aliphatic carbocycles. The average Bonchev–Trinajstić information content (AvgIpc) is 2.46. The second kappa shape index (κ2) is 5.34. The highest BCUT2D eigenvalue weighted by atomic mass is 35.5. The molecule has 80 valence electrons. The minimum absolute atomic E-state index is 0.816. The summed E-state index contributed by atoms with van der Waals surface area (Å²) in [4.78, 5) is 0. The van der Waals surface area contributed by atoms with Crippen LogP contribution in [0.3, 0.4) is 0 Å². The Bertz CT molecular complexity index is 347. The van der Waals surface area contributed by atoms with Crippen molar-refractivity contribution in [2.24, 2.45) is 0 Å². The van der Waals surface area contributed by atoms with Gasteiger partial charge in [-0.1, -0.05) is 35.4 Å². The highest BCUT2D eigenvalue weighted by Crippen LogP contribution is 2.18. The number of nitrogens with one attached hydrogen (secondary N) is 1. The van der Waals surface area contributed by atoms with Crippen LogP contribution in [0.5, 0.6) is 0 Å². The fraction of sp³-hybridized carbons (Fsp3) is 0.385. The molecule has 1 fully saturated rings. The lowest BCUT2D eigenvalue weighted by Crippen LogP contribution is -2.13. The van der Waals surface area contributed by atoms with Gasteiger partial charge in [-0.3, -0.25) is 0 Å². The van der Waals surface area contributed by atoms with Crippen LogP contribution in [0.1, 0.15) is 24.8 Å². The Kier molecular flexibility index (Phi) is 3.81. The zero-order chi connectivity index (χ0) is 10.5. The van der Waals surface area contributed by atoms with Crippen LogP contribution in [0.15, 0.2) is 29.8 Å². The van der Waals surface area contributed by atoms with Gasteiger partial charge in [-0.25, -0.2) is 0 Å². The van der Waals surface area contributed by atoms with Crippen LogP contribution < -0.4 is 5.32 Å². The summed E-state index contributed by atoms with van der Waals surface area (Å²) in [6, 6.07) is 8.05. The standard InChI is InChI=1S/C13H16ClN/c14-13-5-1-3-12(10-13)9-11-4-2-7-15-8-6-11/h1,3,5,9-10,15H,2,4,6-8H2/b11-9-. The van der Waals surface area contributed by atoms with Crippen LogP contribution in [0, 0.1) is 0 Å². The van der Waals surface area contributed by atoms with E-state index in [1.165, 1.54) is 24.0 Å². The second-order valence-corrected chi connectivity index (χ2v) is 4.40. The first-order valence-electron chi connectivity index (χ1n) is 5.50. The van der Waals surface area contributed by atoms with Crippen molar-refractivity contribution < 1.29 is 0 Å². The van der Waals surface area contributed by atoms with Crippen molar-refractivity contribution in [2.75, 3.05) is 13.1 Å². The highest BCUT2D eigenvalue weighted by molar-refractivity contribution is 6.30. The first-order chi connectivity index (χ1) is 7.34. The summed E-state index contributed by atoms with van der Waals surface area (Å²) >= 11 is 5.95. The molecule has 1 saturated heterocycles. The lowest BCUT2D eigenvalue weighted by Gasteiger charge is -2.02. The number of rotatable bonds is 1. The van der Waals surface area contributed by atoms with E-state index in [2.05, 4.69) is 17.5 Å². The summed E-state index contributed by atoms with van der Waals surface area (Å²) in [5.74, 6) is 0. The maximum atomic E-state index is 5.95. The number of hydrogen-bond donors (Lipinski definition) is 1. The van der Waals surface area contributed by atoms with Crippen LogP contribution in [0.4, 0.5) is 0 Å². The molecule has 0 atom stereocenters. The summed E-state index contributed by atoms with van der Waals surface area (Å²) in [5, 5.41) is 4.22. The van der Waals surface area contributed by atoms with Crippen molar-refractivity contribution in [2.45, 2.75) is 19.3 Å². The van der Waals surface area contributed by atoms with Gasteiger partial charge in [-0.2, -0.15) is 0 Å². The van der Waals surface area contributed by atoms with Gasteiger partial charge in [0, 0.05) is 5.02 Å². The van der Waals surface area contributed by atoms with Crippen molar-refractivity contribution in [1.29, 1.82) is 0 Å². The fourth-order valence-electron chi connectivity index (χ4n) is 1.92. The predicted octanol–water partition coefficient (Wildman–Crippen LogP) is 3.50. The average molecular weight is 222 g/mol. The summed E-state index contributed by atoms with van der Waals surface area (Å²) in [6.07, 6.45) is 5.89. The predicted molar refractivity (Wildman–Crippen MR) is 66.1 cm³/mol. The van der Waals surface area contributed by atoms with Crippen molar-refractivity contribution in [3.8, 4) is 0 Å². The molecule has 2 rings (SSSR count). The van der Waals surface area contributed by atoms with Crippen molar-refractivity contribution >= 4 is 17.7 Å². The quantitative estimate of drug-likeness (QED) is 0.766. The lowest BCUT2D eigenvalue weighted by molar-refractivity contribution is 0.703. The van der Waals surface area contributed by atoms with Crippen molar-refractivity contribution in [3.05, 3.63) is 40.4 Å². The summed E-state index contributed by atoms with van der Waals surface area (Å²) < 4.78 is 0. The SMILES string of the molecule is Clc1cccc(/C=C2/CCCNCC2)c1. The van der Waals surface area contributed by atoms with Gasteiger partial charge in [0.2, 0.25) is 0 Å². The minimum Gasteiger partial charge on any atom is -0.316 e. The van der Waals surface area contributed by atoms with Crippen molar-refractivity contribution in [1.82, 2.24) is 5.32 Å². The van der Waals surface area contributed by atoms with Crippen molar-refractivity contribution in [3.63, 3.8) is 0 Å². The van der Waals surface area contributed by atoms with E-state index >= 15 is 0 Å². The van der Waals surface area contributed by atoms with Gasteiger partial charge in [0.15, 0.2) is 0 Å². The van der Waals surface area contributed by atoms with E-state index in [0.29, 0.717) is 0 Å². The third-order valence-electron chi connectivity index (χ3n) is 2.69. The summed E-state index contributed by atoms with van der Waals surface area (Å²) in [7, 11) is 0. The van der Waals surface area contributed by atoms with E-state index in [9.17, 15) is 0 Å². The molecule has 0 saturated carbocycles. The maximum absolute atomic E-state index is 5.95. The van der Waals surface area contributed by atoms with Crippen LogP contribution in [-0.4, -0.2) is 13.1 Å². The van der Waals surface area contributed by atoms with E-state index in [-0.39, 0.29) is 0 Å². The van der Waals surface area contributed by atoms with E-state index in [0.717, 1.165) is 24.5 Å². The molecule has 1 aromatic carbocycles. The molecule has 1 nitrogen and oxygen atoms in total. The van der Waals surface area contributed by atoms with Gasteiger partial charge in [0.05, 0.1) is 0 Å². The molecule has 0 unspecified atom stereocenters. The summed E-state index contributed by atoms with van der Waals surface area (Å²) in [6.45, 7) is 2.25. The van der Waals surface area contributed by atoms with E-state index in [1.54, 1.807) is 0 Å². The molecule has 1 heterocycles. The topological polar surface area (TPSA) is 12.0 Å². The normalized spacial score (nSPS) is 20.2. The monoisotopic (exact) mass is 221 g/mol. The van der Waals surface area contributed by atoms with Gasteiger partial charge >= 0.3 is 0 Å². The Morgan fingerprint density at radius 2 is 2.13 bits per heavy atom. The van der Waals surface area contributed by atoms with E-state index in [1.807, 2.05) is 18.2 Å². The number of benzene rings is 1. The third kappa shape index (κ3) is 3.37. The maximum Gasteiger partial charge on any atom is 0.0411 e. The molecule has 1 N–H and O–H groups in total. The summed E-state index contributed by atoms with van der Waals surface area (Å²) in [5.41, 5.74) is 2.75. The van der Waals surface area contributed by atoms with E-state index < -0.39 is 0 Å². The van der Waals surface area contributed by atoms with Crippen LogP contribution in [0.2, 0.25) is 5.02 Å². The van der Waals surface area contributed by atoms with Gasteiger partial charge in [-0.15, -0.1) is 0 Å². The number of hydrogen-bond acceptors (Lipinski definition) is 1. The molecule has 0 amide bonds. The van der Waals surface area contributed by atoms with Gasteiger partial charge in [-0.05, 0) is 50.0 Å². The fourth-order valence-corrected chi connectivity index (χ4v) is 2.11. The van der Waals surface area contributed by atoms with Crippen LogP contribution >= 0.6 is 11.6 Å². The molecule has 15 heavy (non-hydrogen) atoms. The zero-order valence-electron chi connectivity index (χ0n) is 8.80. The Morgan fingerprint density at radius 3 is 3.00 bits per heavy atom. The molecule has 1 aliphatic heterocycles. The zero-order valence-corrected chi connectivity index (χ0v) is 9.56. The largest absolute Gasteiger partial charge is 0.316 e. The first-order valence-corrected chi connectivity index (χ1v) is 5.88. The van der Waals surface area contributed by atoms with Gasteiger partial charge in [0.25, 0.3) is 0 Å². The number of halogens is 1. The molecular formula is C13H16ClN. The Morgan fingerprint density at radius 1 is 1.20 bits per heavy atom. The van der Waals surface area contributed by atoms with Gasteiger partial charge < -0.3 is 5.32 Å². The molecule has 2 heteroatoms. The molecule has 0 aromatic heterocycles. The molecule has 1 aliphatic rings. The van der Waals surface area contributed by atoms with E-state index in [4.69, 9.17) is 11.6 Å². The molecule has 0 bridgehead atoms. The van der Waals surface area contributed by atoms with Gasteiger partial charge in [0.1, 0.15) is 0 Å². The second-order valence-electron chi connectivity index (χ2n) is 3.96. The van der Waals surface area contributed by atoms with Crippen LogP contribution in [0.25, 0.3) is 6.08 Å². The third-order valence-corrected chi connectivity index (χ3v) is 2.93. The Balaban J connectivity index is 2.13. The Hall–Kier alpha value is -0.790. The lowest BCUT2D eigenvalue weighted by atomic mass is 10.0. The molecular weight excluding hydrogens is 206 g/mol. The minimum atomic E-state index is 0.816. The molecule has 0 spiro atoms.